The Bertz CT molecular complexity index is 855. The standard InChI is InChI=1S/C19H17BrN4O/c1-14(16-5-9-18(10-6-16)24-13-21-12-22-24)23-19(25)11-4-15-2-7-17(20)8-3-15/h2-14H,1H3,(H,23,25)/b11-4+. The summed E-state index contributed by atoms with van der Waals surface area (Å²) in [5.74, 6) is -0.129. The minimum absolute atomic E-state index is 0.0909. The molecule has 0 aliphatic rings. The lowest BCUT2D eigenvalue weighted by Gasteiger charge is -2.13. The van der Waals surface area contributed by atoms with Crippen LogP contribution in [0.1, 0.15) is 24.1 Å². The molecule has 0 saturated carbocycles. The fraction of sp³-hybridized carbons (Fsp3) is 0.105. The predicted octanol–water partition coefficient (Wildman–Crippen LogP) is 3.92. The van der Waals surface area contributed by atoms with Gasteiger partial charge >= 0.3 is 0 Å². The maximum atomic E-state index is 12.1. The smallest absolute Gasteiger partial charge is 0.244 e. The molecule has 1 heterocycles. The molecule has 3 rings (SSSR count). The van der Waals surface area contributed by atoms with Crippen LogP contribution in [0.4, 0.5) is 0 Å². The molecular formula is C19H17BrN4O. The Morgan fingerprint density at radius 3 is 2.52 bits per heavy atom. The predicted molar refractivity (Wildman–Crippen MR) is 101 cm³/mol. The quantitative estimate of drug-likeness (QED) is 0.664. The lowest BCUT2D eigenvalue weighted by molar-refractivity contribution is -0.117. The number of carbonyl (C=O) groups is 1. The summed E-state index contributed by atoms with van der Waals surface area (Å²) in [6.45, 7) is 1.95. The second-order valence-electron chi connectivity index (χ2n) is 5.55. The maximum absolute atomic E-state index is 12.1. The number of nitrogens with one attached hydrogen (secondary N) is 1. The molecule has 0 saturated heterocycles. The first kappa shape index (κ1) is 17.1. The molecule has 6 heteroatoms. The second kappa shape index (κ2) is 7.90. The summed E-state index contributed by atoms with van der Waals surface area (Å²) in [6, 6.07) is 15.5. The Morgan fingerprint density at radius 1 is 1.16 bits per heavy atom. The number of nitrogens with zero attached hydrogens (tertiary/aromatic N) is 3. The third-order valence-corrected chi connectivity index (χ3v) is 4.26. The minimum Gasteiger partial charge on any atom is -0.346 e. The second-order valence-corrected chi connectivity index (χ2v) is 6.46. The Morgan fingerprint density at radius 2 is 1.88 bits per heavy atom. The number of rotatable bonds is 5. The molecule has 3 aromatic rings. The van der Waals surface area contributed by atoms with Crippen molar-refractivity contribution < 1.29 is 4.79 Å². The highest BCUT2D eigenvalue weighted by atomic mass is 79.9. The van der Waals surface area contributed by atoms with Gasteiger partial charge in [-0.15, -0.1) is 0 Å². The van der Waals surface area contributed by atoms with Crippen LogP contribution < -0.4 is 5.32 Å². The average Bonchev–Trinajstić information content (AvgIpc) is 3.16. The summed E-state index contributed by atoms with van der Waals surface area (Å²) in [4.78, 5) is 16.0. The fourth-order valence-electron chi connectivity index (χ4n) is 2.35. The number of carbonyl (C=O) groups excluding carboxylic acids is 1. The molecule has 25 heavy (non-hydrogen) atoms. The molecule has 2 aromatic carbocycles. The first-order valence-corrected chi connectivity index (χ1v) is 8.60. The van der Waals surface area contributed by atoms with Crippen LogP contribution in [0.5, 0.6) is 0 Å². The van der Waals surface area contributed by atoms with Crippen LogP contribution in [0.15, 0.2) is 71.7 Å². The monoisotopic (exact) mass is 396 g/mol. The van der Waals surface area contributed by atoms with Gasteiger partial charge < -0.3 is 5.32 Å². The molecule has 0 bridgehead atoms. The van der Waals surface area contributed by atoms with Crippen LogP contribution in [0, 0.1) is 0 Å². The largest absolute Gasteiger partial charge is 0.346 e. The molecule has 1 N–H and O–H groups in total. The number of halogens is 1. The van der Waals surface area contributed by atoms with Gasteiger partial charge in [0.25, 0.3) is 0 Å². The van der Waals surface area contributed by atoms with Gasteiger partial charge in [-0.05, 0) is 48.4 Å². The summed E-state index contributed by atoms with van der Waals surface area (Å²) in [7, 11) is 0. The molecular weight excluding hydrogens is 380 g/mol. The Labute approximate surface area is 154 Å². The molecule has 1 aromatic heterocycles. The van der Waals surface area contributed by atoms with Gasteiger partial charge in [0.15, 0.2) is 0 Å². The summed E-state index contributed by atoms with van der Waals surface area (Å²) in [6.07, 6.45) is 6.48. The van der Waals surface area contributed by atoms with Crippen LogP contribution in [0.2, 0.25) is 0 Å². The van der Waals surface area contributed by atoms with Gasteiger partial charge in [-0.3, -0.25) is 4.79 Å². The number of hydrogen-bond acceptors (Lipinski definition) is 3. The van der Waals surface area contributed by atoms with Crippen molar-refractivity contribution in [1.29, 1.82) is 0 Å². The van der Waals surface area contributed by atoms with Gasteiger partial charge in [0.1, 0.15) is 12.7 Å². The van der Waals surface area contributed by atoms with Crippen molar-refractivity contribution >= 4 is 27.9 Å². The Kier molecular flexibility index (Phi) is 5.40. The van der Waals surface area contributed by atoms with E-state index >= 15 is 0 Å². The number of amides is 1. The van der Waals surface area contributed by atoms with E-state index in [4.69, 9.17) is 0 Å². The third kappa shape index (κ3) is 4.64. The third-order valence-electron chi connectivity index (χ3n) is 3.73. The van der Waals surface area contributed by atoms with E-state index < -0.39 is 0 Å². The molecule has 1 amide bonds. The van der Waals surface area contributed by atoms with Gasteiger partial charge in [-0.1, -0.05) is 40.2 Å². The molecule has 0 aliphatic heterocycles. The van der Waals surface area contributed by atoms with Gasteiger partial charge in [0.05, 0.1) is 11.7 Å². The van der Waals surface area contributed by atoms with E-state index in [1.54, 1.807) is 23.2 Å². The zero-order chi connectivity index (χ0) is 17.6. The zero-order valence-electron chi connectivity index (χ0n) is 13.6. The molecule has 1 unspecified atom stereocenters. The summed E-state index contributed by atoms with van der Waals surface area (Å²) >= 11 is 3.39. The van der Waals surface area contributed by atoms with E-state index in [-0.39, 0.29) is 11.9 Å². The molecule has 5 nitrogen and oxygen atoms in total. The number of hydrogen-bond donors (Lipinski definition) is 1. The molecule has 1 atom stereocenters. The van der Waals surface area contributed by atoms with Crippen LogP contribution in [0.3, 0.4) is 0 Å². The lowest BCUT2D eigenvalue weighted by atomic mass is 10.1. The lowest BCUT2D eigenvalue weighted by Crippen LogP contribution is -2.24. The van der Waals surface area contributed by atoms with Crippen molar-refractivity contribution in [3.8, 4) is 5.69 Å². The molecule has 0 radical (unpaired) electrons. The van der Waals surface area contributed by atoms with Gasteiger partial charge in [0, 0.05) is 10.5 Å². The highest BCUT2D eigenvalue weighted by molar-refractivity contribution is 9.10. The number of aromatic nitrogens is 3. The molecule has 0 spiro atoms. The zero-order valence-corrected chi connectivity index (χ0v) is 15.2. The Hall–Kier alpha value is -2.73. The summed E-state index contributed by atoms with van der Waals surface area (Å²) < 4.78 is 2.70. The van der Waals surface area contributed by atoms with E-state index in [9.17, 15) is 4.79 Å². The van der Waals surface area contributed by atoms with Crippen LogP contribution in [-0.2, 0) is 4.79 Å². The topological polar surface area (TPSA) is 59.8 Å². The van der Waals surface area contributed by atoms with Crippen molar-refractivity contribution in [3.63, 3.8) is 0 Å². The van der Waals surface area contributed by atoms with Crippen LogP contribution in [-0.4, -0.2) is 20.7 Å². The van der Waals surface area contributed by atoms with Crippen LogP contribution >= 0.6 is 15.9 Å². The normalized spacial score (nSPS) is 12.2. The van der Waals surface area contributed by atoms with Gasteiger partial charge in [-0.25, -0.2) is 9.67 Å². The van der Waals surface area contributed by atoms with Crippen molar-refractivity contribution in [1.82, 2.24) is 20.1 Å². The van der Waals surface area contributed by atoms with Crippen molar-refractivity contribution in [2.75, 3.05) is 0 Å². The fourth-order valence-corrected chi connectivity index (χ4v) is 2.61. The van der Waals surface area contributed by atoms with Crippen molar-refractivity contribution in [2.45, 2.75) is 13.0 Å². The first-order valence-electron chi connectivity index (χ1n) is 7.81. The van der Waals surface area contributed by atoms with Gasteiger partial charge in [-0.2, -0.15) is 5.10 Å². The van der Waals surface area contributed by atoms with Crippen LogP contribution in [0.25, 0.3) is 11.8 Å². The molecule has 126 valence electrons. The van der Waals surface area contributed by atoms with Crippen molar-refractivity contribution in [3.05, 3.63) is 82.9 Å². The molecule has 0 aliphatic carbocycles. The maximum Gasteiger partial charge on any atom is 0.244 e. The van der Waals surface area contributed by atoms with E-state index in [2.05, 4.69) is 31.3 Å². The minimum atomic E-state index is -0.129. The summed E-state index contributed by atoms with van der Waals surface area (Å²) in [5, 5.41) is 7.05. The summed E-state index contributed by atoms with van der Waals surface area (Å²) in [5.41, 5.74) is 2.92. The van der Waals surface area contributed by atoms with E-state index in [1.165, 1.54) is 6.33 Å². The highest BCUT2D eigenvalue weighted by Crippen LogP contribution is 2.15. The van der Waals surface area contributed by atoms with E-state index in [0.717, 1.165) is 21.3 Å². The highest BCUT2D eigenvalue weighted by Gasteiger charge is 2.08. The average molecular weight is 397 g/mol. The number of benzene rings is 2. The van der Waals surface area contributed by atoms with E-state index in [1.807, 2.05) is 55.5 Å². The van der Waals surface area contributed by atoms with E-state index in [0.29, 0.717) is 0 Å². The van der Waals surface area contributed by atoms with Crippen molar-refractivity contribution in [2.24, 2.45) is 0 Å². The SMILES string of the molecule is CC(NC(=O)/C=C/c1ccc(Br)cc1)c1ccc(-n2cncn2)cc1. The molecule has 0 fully saturated rings. The first-order chi connectivity index (χ1) is 12.1. The Balaban J connectivity index is 1.60. The van der Waals surface area contributed by atoms with Gasteiger partial charge in [0.2, 0.25) is 5.91 Å².